The second kappa shape index (κ2) is 4.93. The number of carbonyl (C=O) groups is 1. The minimum Gasteiger partial charge on any atom is -0.320 e. The average molecular weight is 287 g/mol. The minimum atomic E-state index is -0.236. The Balaban J connectivity index is 1.96. The summed E-state index contributed by atoms with van der Waals surface area (Å²) < 4.78 is 0. The molecule has 4 heteroatoms. The molecule has 1 unspecified atom stereocenters. The van der Waals surface area contributed by atoms with Crippen molar-refractivity contribution in [3.05, 3.63) is 64.2 Å². The van der Waals surface area contributed by atoms with E-state index in [9.17, 15) is 4.79 Å². The third-order valence-electron chi connectivity index (χ3n) is 3.75. The first-order valence-corrected chi connectivity index (χ1v) is 6.84. The second-order valence-corrected chi connectivity index (χ2v) is 5.49. The van der Waals surface area contributed by atoms with Crippen molar-refractivity contribution in [2.75, 3.05) is 11.9 Å². The van der Waals surface area contributed by atoms with Gasteiger partial charge in [-0.25, -0.2) is 0 Å². The van der Waals surface area contributed by atoms with Crippen LogP contribution >= 0.6 is 11.6 Å². The van der Waals surface area contributed by atoms with Crippen LogP contribution in [0.1, 0.15) is 22.7 Å². The number of amides is 1. The molecule has 0 spiro atoms. The third-order valence-corrected chi connectivity index (χ3v) is 3.98. The molecule has 0 aromatic heterocycles. The predicted molar refractivity (Wildman–Crippen MR) is 81.0 cm³/mol. The summed E-state index contributed by atoms with van der Waals surface area (Å²) in [6.07, 6.45) is 0.446. The summed E-state index contributed by atoms with van der Waals surface area (Å²) in [7, 11) is 1.80. The first kappa shape index (κ1) is 13.2. The highest BCUT2D eigenvalue weighted by molar-refractivity contribution is 6.30. The van der Waals surface area contributed by atoms with Gasteiger partial charge in [-0.2, -0.15) is 0 Å². The maximum atomic E-state index is 11.7. The molecular formula is C16H15ClN2O. The maximum absolute atomic E-state index is 11.7. The number of anilines is 1. The van der Waals surface area contributed by atoms with Gasteiger partial charge in [0.15, 0.2) is 0 Å². The van der Waals surface area contributed by atoms with E-state index in [1.807, 2.05) is 42.5 Å². The molecule has 0 bridgehead atoms. The van der Waals surface area contributed by atoms with Crippen molar-refractivity contribution in [2.24, 2.45) is 5.73 Å². The molecule has 1 aliphatic heterocycles. The summed E-state index contributed by atoms with van der Waals surface area (Å²) in [4.78, 5) is 13.4. The van der Waals surface area contributed by atoms with Gasteiger partial charge < -0.3 is 10.6 Å². The molecule has 3 rings (SSSR count). The average Bonchev–Trinajstić information content (AvgIpc) is 2.73. The van der Waals surface area contributed by atoms with E-state index in [-0.39, 0.29) is 11.9 Å². The van der Waals surface area contributed by atoms with E-state index in [4.69, 9.17) is 17.3 Å². The first-order valence-electron chi connectivity index (χ1n) is 6.46. The Morgan fingerprint density at radius 1 is 1.20 bits per heavy atom. The zero-order valence-electron chi connectivity index (χ0n) is 11.1. The Morgan fingerprint density at radius 2 is 1.95 bits per heavy atom. The Labute approximate surface area is 123 Å². The monoisotopic (exact) mass is 286 g/mol. The van der Waals surface area contributed by atoms with Crippen molar-refractivity contribution in [1.82, 2.24) is 0 Å². The normalized spacial score (nSPS) is 15.3. The standard InChI is InChI=1S/C16H15ClN2O/c1-19-14-6-5-11(7-12(14)9-15(19)20)16(18)10-3-2-4-13(17)8-10/h2-8,16H,9,18H2,1H3. The Morgan fingerprint density at radius 3 is 2.70 bits per heavy atom. The summed E-state index contributed by atoms with van der Waals surface area (Å²) in [5.74, 6) is 0.119. The number of hydrogen-bond acceptors (Lipinski definition) is 2. The summed E-state index contributed by atoms with van der Waals surface area (Å²) in [6.45, 7) is 0. The molecule has 102 valence electrons. The van der Waals surface area contributed by atoms with Gasteiger partial charge in [-0.3, -0.25) is 4.79 Å². The molecule has 0 saturated carbocycles. The van der Waals surface area contributed by atoms with Crippen molar-refractivity contribution in [3.63, 3.8) is 0 Å². The number of rotatable bonds is 2. The zero-order chi connectivity index (χ0) is 14.3. The van der Waals surface area contributed by atoms with Crippen LogP contribution in [0.25, 0.3) is 0 Å². The maximum Gasteiger partial charge on any atom is 0.231 e. The SMILES string of the molecule is CN1C(=O)Cc2cc(C(N)c3cccc(Cl)c3)ccc21. The van der Waals surface area contributed by atoms with E-state index in [0.29, 0.717) is 11.4 Å². The van der Waals surface area contributed by atoms with Gasteiger partial charge in [-0.1, -0.05) is 35.9 Å². The van der Waals surface area contributed by atoms with Crippen LogP contribution in [0.5, 0.6) is 0 Å². The van der Waals surface area contributed by atoms with E-state index in [1.165, 1.54) is 0 Å². The molecule has 3 nitrogen and oxygen atoms in total. The lowest BCUT2D eigenvalue weighted by Gasteiger charge is -2.15. The van der Waals surface area contributed by atoms with Crippen molar-refractivity contribution in [1.29, 1.82) is 0 Å². The van der Waals surface area contributed by atoms with Gasteiger partial charge in [0, 0.05) is 17.8 Å². The number of halogens is 1. The largest absolute Gasteiger partial charge is 0.320 e. The Bertz CT molecular complexity index is 684. The summed E-state index contributed by atoms with van der Waals surface area (Å²) >= 11 is 6.00. The highest BCUT2D eigenvalue weighted by Crippen LogP contribution is 2.31. The van der Waals surface area contributed by atoms with Crippen LogP contribution < -0.4 is 10.6 Å². The van der Waals surface area contributed by atoms with Crippen LogP contribution in [-0.4, -0.2) is 13.0 Å². The molecule has 20 heavy (non-hydrogen) atoms. The van der Waals surface area contributed by atoms with Gasteiger partial charge in [0.1, 0.15) is 0 Å². The molecule has 2 aromatic rings. The Hall–Kier alpha value is -1.84. The van der Waals surface area contributed by atoms with E-state index >= 15 is 0 Å². The fourth-order valence-electron chi connectivity index (χ4n) is 2.58. The molecule has 1 amide bonds. The molecule has 1 heterocycles. The van der Waals surface area contributed by atoms with Crippen LogP contribution in [0, 0.1) is 0 Å². The Kier molecular flexibility index (Phi) is 3.24. The number of nitrogens with zero attached hydrogens (tertiary/aromatic N) is 1. The molecule has 2 aromatic carbocycles. The number of hydrogen-bond donors (Lipinski definition) is 1. The van der Waals surface area contributed by atoms with Crippen molar-refractivity contribution in [3.8, 4) is 0 Å². The molecular weight excluding hydrogens is 272 g/mol. The van der Waals surface area contributed by atoms with Crippen LogP contribution in [0.15, 0.2) is 42.5 Å². The molecule has 2 N–H and O–H groups in total. The molecule has 1 atom stereocenters. The molecule has 1 aliphatic rings. The molecule has 0 radical (unpaired) electrons. The van der Waals surface area contributed by atoms with Crippen molar-refractivity contribution >= 4 is 23.2 Å². The summed E-state index contributed by atoms with van der Waals surface area (Å²) in [5.41, 5.74) is 10.3. The second-order valence-electron chi connectivity index (χ2n) is 5.05. The summed E-state index contributed by atoms with van der Waals surface area (Å²) in [6, 6.07) is 13.3. The number of fused-ring (bicyclic) bond motifs is 1. The smallest absolute Gasteiger partial charge is 0.231 e. The quantitative estimate of drug-likeness (QED) is 0.923. The first-order chi connectivity index (χ1) is 9.56. The lowest BCUT2D eigenvalue weighted by atomic mass is 9.97. The lowest BCUT2D eigenvalue weighted by molar-refractivity contribution is -0.117. The van der Waals surface area contributed by atoms with Gasteiger partial charge in [-0.15, -0.1) is 0 Å². The van der Waals surface area contributed by atoms with E-state index in [1.54, 1.807) is 11.9 Å². The minimum absolute atomic E-state index is 0.119. The van der Waals surface area contributed by atoms with Gasteiger partial charge >= 0.3 is 0 Å². The fourth-order valence-corrected chi connectivity index (χ4v) is 2.77. The summed E-state index contributed by atoms with van der Waals surface area (Å²) in [5, 5.41) is 0.675. The number of carbonyl (C=O) groups excluding carboxylic acids is 1. The van der Waals surface area contributed by atoms with Crippen molar-refractivity contribution < 1.29 is 4.79 Å². The van der Waals surface area contributed by atoms with Crippen LogP contribution in [-0.2, 0) is 11.2 Å². The van der Waals surface area contributed by atoms with Gasteiger partial charge in [0.05, 0.1) is 12.5 Å². The topological polar surface area (TPSA) is 46.3 Å². The number of likely N-dealkylation sites (N-methyl/N-ethyl adjacent to an activating group) is 1. The molecule has 0 aliphatic carbocycles. The van der Waals surface area contributed by atoms with Gasteiger partial charge in [0.2, 0.25) is 5.91 Å². The molecule has 0 fully saturated rings. The van der Waals surface area contributed by atoms with Crippen LogP contribution in [0.2, 0.25) is 5.02 Å². The van der Waals surface area contributed by atoms with E-state index in [0.717, 1.165) is 22.4 Å². The van der Waals surface area contributed by atoms with Gasteiger partial charge in [0.25, 0.3) is 0 Å². The van der Waals surface area contributed by atoms with E-state index in [2.05, 4.69) is 0 Å². The van der Waals surface area contributed by atoms with Crippen LogP contribution in [0.4, 0.5) is 5.69 Å². The number of benzene rings is 2. The zero-order valence-corrected chi connectivity index (χ0v) is 11.9. The van der Waals surface area contributed by atoms with Gasteiger partial charge in [-0.05, 0) is 34.9 Å². The van der Waals surface area contributed by atoms with Crippen molar-refractivity contribution in [2.45, 2.75) is 12.5 Å². The highest BCUT2D eigenvalue weighted by atomic mass is 35.5. The highest BCUT2D eigenvalue weighted by Gasteiger charge is 2.24. The predicted octanol–water partition coefficient (Wildman–Crippen LogP) is 2.91. The third kappa shape index (κ3) is 2.19. The van der Waals surface area contributed by atoms with E-state index < -0.39 is 0 Å². The lowest BCUT2D eigenvalue weighted by Crippen LogP contribution is -2.20. The molecule has 0 saturated heterocycles. The van der Waals surface area contributed by atoms with Crippen LogP contribution in [0.3, 0.4) is 0 Å². The number of nitrogens with two attached hydrogens (primary N) is 1. The fraction of sp³-hybridized carbons (Fsp3) is 0.188.